The van der Waals surface area contributed by atoms with Gasteiger partial charge in [-0.05, 0) is 56.4 Å². The second-order valence-electron chi connectivity index (χ2n) is 9.06. The lowest BCUT2D eigenvalue weighted by atomic mass is 9.64. The molecule has 0 N–H and O–H groups in total. The molecule has 2 saturated heterocycles. The third-order valence-corrected chi connectivity index (χ3v) is 7.40. The fourth-order valence-corrected chi connectivity index (χ4v) is 5.83. The zero-order chi connectivity index (χ0) is 19.7. The van der Waals surface area contributed by atoms with Crippen LogP contribution in [0.25, 0.3) is 0 Å². The Balaban J connectivity index is 1.28. The van der Waals surface area contributed by atoms with Crippen LogP contribution in [-0.4, -0.2) is 78.1 Å². The number of nitrogens with zero attached hydrogens (tertiary/aromatic N) is 3. The first-order chi connectivity index (χ1) is 13.5. The Morgan fingerprint density at radius 2 is 2.04 bits per heavy atom. The molecule has 1 atom stereocenters. The Kier molecular flexibility index (Phi) is 5.68. The van der Waals surface area contributed by atoms with Crippen molar-refractivity contribution in [2.45, 2.75) is 70.9 Å². The molecule has 3 heterocycles. The van der Waals surface area contributed by atoms with Crippen LogP contribution < -0.4 is 0 Å². The van der Waals surface area contributed by atoms with Gasteiger partial charge in [0.05, 0.1) is 12.6 Å². The summed E-state index contributed by atoms with van der Waals surface area (Å²) < 4.78 is 5.17. The molecule has 3 aliphatic heterocycles. The van der Waals surface area contributed by atoms with E-state index < -0.39 is 0 Å². The Bertz CT molecular complexity index is 641. The number of carbonyl (C=O) groups is 2. The predicted molar refractivity (Wildman–Crippen MR) is 108 cm³/mol. The normalized spacial score (nSPS) is 33.1. The van der Waals surface area contributed by atoms with Crippen LogP contribution >= 0.6 is 0 Å². The SMILES string of the molecule is CCOC(=O)N1CCC2(CC(N3CC=C([C@@H]4CCCN4C(=O)CC)CC3)C2)C1. The molecule has 1 spiro atoms. The van der Waals surface area contributed by atoms with Crippen molar-refractivity contribution in [2.75, 3.05) is 39.3 Å². The smallest absolute Gasteiger partial charge is 0.409 e. The Morgan fingerprint density at radius 3 is 2.71 bits per heavy atom. The van der Waals surface area contributed by atoms with Gasteiger partial charge in [-0.15, -0.1) is 0 Å². The predicted octanol–water partition coefficient (Wildman–Crippen LogP) is 3.03. The molecule has 6 heteroatoms. The van der Waals surface area contributed by atoms with E-state index in [1.165, 1.54) is 18.4 Å². The van der Waals surface area contributed by atoms with Crippen molar-refractivity contribution in [1.82, 2.24) is 14.7 Å². The van der Waals surface area contributed by atoms with Gasteiger partial charge in [0.2, 0.25) is 5.91 Å². The Morgan fingerprint density at radius 1 is 1.21 bits per heavy atom. The summed E-state index contributed by atoms with van der Waals surface area (Å²) >= 11 is 0. The lowest BCUT2D eigenvalue weighted by Crippen LogP contribution is -2.53. The molecule has 6 nitrogen and oxygen atoms in total. The van der Waals surface area contributed by atoms with Crippen molar-refractivity contribution in [2.24, 2.45) is 5.41 Å². The first kappa shape index (κ1) is 19.7. The number of hydrogen-bond acceptors (Lipinski definition) is 4. The maximum absolute atomic E-state index is 12.2. The molecule has 0 radical (unpaired) electrons. The van der Waals surface area contributed by atoms with Crippen LogP contribution in [0.2, 0.25) is 0 Å². The topological polar surface area (TPSA) is 53.1 Å². The maximum Gasteiger partial charge on any atom is 0.409 e. The molecule has 2 amide bonds. The summed E-state index contributed by atoms with van der Waals surface area (Å²) in [6.45, 7) is 9.06. The third kappa shape index (κ3) is 3.68. The fraction of sp³-hybridized carbons (Fsp3) is 0.818. The van der Waals surface area contributed by atoms with Gasteiger partial charge in [0.1, 0.15) is 0 Å². The number of rotatable bonds is 4. The highest BCUT2D eigenvalue weighted by molar-refractivity contribution is 5.77. The van der Waals surface area contributed by atoms with Crippen molar-refractivity contribution in [3.8, 4) is 0 Å². The van der Waals surface area contributed by atoms with Gasteiger partial charge in [0.25, 0.3) is 0 Å². The molecule has 0 aromatic carbocycles. The summed E-state index contributed by atoms with van der Waals surface area (Å²) in [5.41, 5.74) is 1.82. The van der Waals surface area contributed by atoms with Crippen molar-refractivity contribution >= 4 is 12.0 Å². The van der Waals surface area contributed by atoms with Crippen LogP contribution in [0, 0.1) is 5.41 Å². The van der Waals surface area contributed by atoms with Gasteiger partial charge in [-0.2, -0.15) is 0 Å². The average Bonchev–Trinajstić information content (AvgIpc) is 3.34. The molecule has 156 valence electrons. The van der Waals surface area contributed by atoms with Crippen molar-refractivity contribution in [3.63, 3.8) is 0 Å². The van der Waals surface area contributed by atoms with Gasteiger partial charge in [-0.3, -0.25) is 9.69 Å². The maximum atomic E-state index is 12.2. The second-order valence-corrected chi connectivity index (χ2v) is 9.06. The average molecular weight is 390 g/mol. The summed E-state index contributed by atoms with van der Waals surface area (Å²) in [5.74, 6) is 0.305. The number of hydrogen-bond donors (Lipinski definition) is 0. The molecular weight excluding hydrogens is 354 g/mol. The molecule has 1 aliphatic carbocycles. The molecular formula is C22H35N3O3. The van der Waals surface area contributed by atoms with Crippen LogP contribution in [0.3, 0.4) is 0 Å². The van der Waals surface area contributed by atoms with E-state index in [9.17, 15) is 9.59 Å². The molecule has 4 aliphatic rings. The quantitative estimate of drug-likeness (QED) is 0.694. The highest BCUT2D eigenvalue weighted by Gasteiger charge is 2.51. The minimum Gasteiger partial charge on any atom is -0.450 e. The second kappa shape index (κ2) is 8.05. The highest BCUT2D eigenvalue weighted by atomic mass is 16.6. The van der Waals surface area contributed by atoms with Crippen LogP contribution in [0.4, 0.5) is 4.79 Å². The van der Waals surface area contributed by atoms with Crippen LogP contribution in [0.5, 0.6) is 0 Å². The number of likely N-dealkylation sites (tertiary alicyclic amines) is 2. The number of amides is 2. The molecule has 1 saturated carbocycles. The monoisotopic (exact) mass is 389 g/mol. The summed E-state index contributed by atoms with van der Waals surface area (Å²) in [6.07, 6.45) is 9.77. The lowest BCUT2D eigenvalue weighted by molar-refractivity contribution is -0.131. The molecule has 4 rings (SSSR count). The van der Waals surface area contributed by atoms with Crippen LogP contribution in [0.15, 0.2) is 11.6 Å². The summed E-state index contributed by atoms with van der Waals surface area (Å²) in [4.78, 5) is 30.8. The van der Waals surface area contributed by atoms with Crippen molar-refractivity contribution in [1.29, 1.82) is 0 Å². The lowest BCUT2D eigenvalue weighted by Gasteiger charge is -2.51. The zero-order valence-corrected chi connectivity index (χ0v) is 17.5. The Labute approximate surface area is 168 Å². The van der Waals surface area contributed by atoms with E-state index in [0.29, 0.717) is 36.4 Å². The Hall–Kier alpha value is -1.56. The van der Waals surface area contributed by atoms with Gasteiger partial charge in [-0.1, -0.05) is 13.0 Å². The number of ether oxygens (including phenoxy) is 1. The van der Waals surface area contributed by atoms with Gasteiger partial charge in [0.15, 0.2) is 0 Å². The minimum atomic E-state index is -0.142. The van der Waals surface area contributed by atoms with E-state index in [2.05, 4.69) is 15.9 Å². The van der Waals surface area contributed by atoms with Crippen molar-refractivity contribution < 1.29 is 14.3 Å². The molecule has 28 heavy (non-hydrogen) atoms. The van der Waals surface area contributed by atoms with Gasteiger partial charge < -0.3 is 14.5 Å². The van der Waals surface area contributed by atoms with Crippen LogP contribution in [-0.2, 0) is 9.53 Å². The first-order valence-electron chi connectivity index (χ1n) is 11.2. The zero-order valence-electron chi connectivity index (χ0n) is 17.5. The van der Waals surface area contributed by atoms with Crippen molar-refractivity contribution in [3.05, 3.63) is 11.6 Å². The summed E-state index contributed by atoms with van der Waals surface area (Å²) in [6, 6.07) is 1.01. The molecule has 0 bridgehead atoms. The molecule has 0 aromatic rings. The summed E-state index contributed by atoms with van der Waals surface area (Å²) in [5, 5.41) is 0. The van der Waals surface area contributed by atoms with Gasteiger partial charge >= 0.3 is 6.09 Å². The molecule has 3 fully saturated rings. The van der Waals surface area contributed by atoms with E-state index in [0.717, 1.165) is 58.4 Å². The van der Waals surface area contributed by atoms with Gasteiger partial charge in [0, 0.05) is 45.2 Å². The first-order valence-corrected chi connectivity index (χ1v) is 11.2. The van der Waals surface area contributed by atoms with E-state index in [4.69, 9.17) is 4.74 Å². The highest BCUT2D eigenvalue weighted by Crippen LogP contribution is 2.50. The van der Waals surface area contributed by atoms with E-state index >= 15 is 0 Å². The van der Waals surface area contributed by atoms with Crippen LogP contribution in [0.1, 0.15) is 58.8 Å². The molecule has 0 aromatic heterocycles. The minimum absolute atomic E-state index is 0.142. The standard InChI is InChI=1S/C22H35N3O3/c1-3-20(26)25-10-5-6-19(25)17-7-11-23(12-8-17)18-14-22(15-18)9-13-24(16-22)21(27)28-4-2/h7,18-19H,3-6,8-16H2,1-2H3/t18?,19-,22?/m0/s1. The summed E-state index contributed by atoms with van der Waals surface area (Å²) in [7, 11) is 0. The van der Waals surface area contributed by atoms with Gasteiger partial charge in [-0.25, -0.2) is 4.79 Å². The number of carbonyl (C=O) groups excluding carboxylic acids is 2. The fourth-order valence-electron chi connectivity index (χ4n) is 5.83. The van der Waals surface area contributed by atoms with E-state index in [1.54, 1.807) is 0 Å². The molecule has 0 unspecified atom stereocenters. The largest absolute Gasteiger partial charge is 0.450 e. The van der Waals surface area contributed by atoms with E-state index in [-0.39, 0.29) is 6.09 Å². The third-order valence-electron chi connectivity index (χ3n) is 7.40. The van der Waals surface area contributed by atoms with E-state index in [1.807, 2.05) is 18.7 Å².